The average Bonchev–Trinajstić information content (AvgIpc) is 1.67. The highest BCUT2D eigenvalue weighted by atomic mass is 15.2. The Morgan fingerprint density at radius 2 is 0.576 bits per heavy atom. The predicted molar refractivity (Wildman–Crippen MR) is 420 cm³/mol. The molecule has 17 aromatic rings. The molecule has 5 heteroatoms. The number of benzene rings is 15. The van der Waals surface area contributed by atoms with Crippen LogP contribution in [-0.4, -0.2) is 15.8 Å². The van der Waals surface area contributed by atoms with Gasteiger partial charge in [-0.3, -0.25) is 0 Å². The van der Waals surface area contributed by atoms with Gasteiger partial charge in [0.15, 0.2) is 0 Å². The standard InChI is InChI=1S/C94H67BN4/c1-94(2,3)72-58-91-93-92(59-72)99(84-43-23-17-37-76(84)71-56-68(64-32-12-6-13-33-64)53-69(57-71)65-34-14-7-15-35-65)90-61-74(97-87-46-26-20-40-79(87)80-41-21-27-47-88(80)97)49-51-82(90)95(93)81-50-48-73(96-85-44-24-18-38-77(85)78-39-19-25-45-86(78)96)60-89(81)98(91)83-42-22-16-36-75(83)70-54-66(62-28-8-4-9-29-62)52-67(55-70)63-30-10-5-11-31-63/h4-61H,1-3H3/i18D,19D,20D,21D,24D,25D,26D,27D,38D,39D,40D,41D,44D,45D,46D,47D. The minimum Gasteiger partial charge on any atom is -0.311 e. The van der Waals surface area contributed by atoms with Crippen LogP contribution in [0.4, 0.5) is 34.1 Å². The molecular formula is C94H67BN4. The fourth-order valence-electron chi connectivity index (χ4n) is 15.1. The summed E-state index contributed by atoms with van der Waals surface area (Å²) in [6, 6.07) is 78.7. The lowest BCUT2D eigenvalue weighted by Crippen LogP contribution is -2.61. The summed E-state index contributed by atoms with van der Waals surface area (Å²) in [6.07, 6.45) is 0. The first-order valence-corrected chi connectivity index (χ1v) is 33.2. The van der Waals surface area contributed by atoms with Crippen LogP contribution in [0.3, 0.4) is 0 Å². The highest BCUT2D eigenvalue weighted by Gasteiger charge is 2.45. The van der Waals surface area contributed by atoms with Crippen LogP contribution in [0, 0.1) is 0 Å². The fourth-order valence-corrected chi connectivity index (χ4v) is 15.1. The normalized spacial score (nSPS) is 14.8. The van der Waals surface area contributed by atoms with Crippen LogP contribution in [-0.2, 0) is 5.41 Å². The van der Waals surface area contributed by atoms with E-state index in [9.17, 15) is 16.4 Å². The Hall–Kier alpha value is -12.4. The van der Waals surface area contributed by atoms with Gasteiger partial charge in [-0.1, -0.05) is 263 Å². The molecule has 2 aliphatic rings. The van der Waals surface area contributed by atoms with Crippen molar-refractivity contribution < 1.29 is 21.9 Å². The molecule has 0 bridgehead atoms. The van der Waals surface area contributed by atoms with Gasteiger partial charge in [-0.25, -0.2) is 0 Å². The average molecular weight is 1280 g/mol. The van der Waals surface area contributed by atoms with Gasteiger partial charge in [-0.05, 0) is 192 Å². The van der Waals surface area contributed by atoms with Gasteiger partial charge in [0, 0.05) is 66.8 Å². The van der Waals surface area contributed by atoms with E-state index in [0.29, 0.717) is 22.7 Å². The lowest BCUT2D eigenvalue weighted by atomic mass is 9.33. The molecule has 99 heavy (non-hydrogen) atoms. The minimum absolute atomic E-state index is 0.0468. The number of nitrogens with zero attached hydrogens (tertiary/aromatic N) is 4. The first-order valence-electron chi connectivity index (χ1n) is 41.2. The molecule has 0 amide bonds. The Bertz CT molecular complexity index is 6370. The zero-order chi connectivity index (χ0) is 79.8. The quantitative estimate of drug-likeness (QED) is 0.127. The smallest absolute Gasteiger partial charge is 0.252 e. The van der Waals surface area contributed by atoms with Crippen molar-refractivity contribution in [3.63, 3.8) is 0 Å². The van der Waals surface area contributed by atoms with Crippen LogP contribution in [0.2, 0.25) is 0 Å². The molecule has 0 saturated carbocycles. The molecule has 0 N–H and O–H groups in total. The summed E-state index contributed by atoms with van der Waals surface area (Å²) in [7, 11) is 0. The van der Waals surface area contributed by atoms with Crippen molar-refractivity contribution in [3.05, 3.63) is 357 Å². The summed E-state index contributed by atoms with van der Waals surface area (Å²) in [5.74, 6) is 0. The van der Waals surface area contributed by atoms with Gasteiger partial charge < -0.3 is 18.9 Å². The van der Waals surface area contributed by atoms with Crippen molar-refractivity contribution in [2.75, 3.05) is 9.80 Å². The number of anilines is 6. The zero-order valence-electron chi connectivity index (χ0n) is 70.1. The van der Waals surface area contributed by atoms with E-state index in [1.54, 1.807) is 9.13 Å². The summed E-state index contributed by atoms with van der Waals surface area (Å²) in [4.78, 5) is 4.54. The summed E-state index contributed by atoms with van der Waals surface area (Å²) in [5, 5.41) is -0.277. The largest absolute Gasteiger partial charge is 0.311 e. The summed E-state index contributed by atoms with van der Waals surface area (Å²) < 4.78 is 153. The maximum Gasteiger partial charge on any atom is 0.252 e. The highest BCUT2D eigenvalue weighted by molar-refractivity contribution is 7.00. The maximum absolute atomic E-state index is 9.78. The minimum atomic E-state index is -0.725. The Balaban J connectivity index is 0.970. The van der Waals surface area contributed by atoms with E-state index < -0.39 is 109 Å². The van der Waals surface area contributed by atoms with Crippen molar-refractivity contribution in [3.8, 4) is 78.1 Å². The third-order valence-electron chi connectivity index (χ3n) is 19.7. The van der Waals surface area contributed by atoms with Crippen LogP contribution >= 0.6 is 0 Å². The van der Waals surface area contributed by atoms with E-state index in [1.807, 2.05) is 133 Å². The second kappa shape index (κ2) is 23.2. The van der Waals surface area contributed by atoms with Crippen LogP contribution < -0.4 is 26.2 Å². The second-order valence-electron chi connectivity index (χ2n) is 26.4. The molecule has 466 valence electrons. The van der Waals surface area contributed by atoms with Crippen LogP contribution in [0.15, 0.2) is 351 Å². The molecule has 0 unspecified atom stereocenters. The molecule has 0 radical (unpaired) electrons. The fraction of sp³-hybridized carbons (Fsp3) is 0.0426. The van der Waals surface area contributed by atoms with Crippen LogP contribution in [0.25, 0.3) is 122 Å². The molecular weight excluding hydrogens is 1200 g/mol. The van der Waals surface area contributed by atoms with Crippen molar-refractivity contribution in [1.29, 1.82) is 0 Å². The zero-order valence-corrected chi connectivity index (χ0v) is 54.1. The third-order valence-corrected chi connectivity index (χ3v) is 19.7. The van der Waals surface area contributed by atoms with E-state index in [1.165, 1.54) is 0 Å². The molecule has 0 saturated heterocycles. The summed E-state index contributed by atoms with van der Waals surface area (Å²) in [6.45, 7) is 5.77. The molecule has 0 aliphatic carbocycles. The number of hydrogen-bond donors (Lipinski definition) is 0. The first-order chi connectivity index (χ1) is 55.4. The molecule has 2 aromatic heterocycles. The van der Waals surface area contributed by atoms with Crippen molar-refractivity contribution in [2.24, 2.45) is 0 Å². The predicted octanol–water partition coefficient (Wildman–Crippen LogP) is 23.3. The Morgan fingerprint density at radius 1 is 0.273 bits per heavy atom. The van der Waals surface area contributed by atoms with Crippen molar-refractivity contribution in [1.82, 2.24) is 9.13 Å². The monoisotopic (exact) mass is 1280 g/mol. The third kappa shape index (κ3) is 9.59. The van der Waals surface area contributed by atoms with Gasteiger partial charge in [0.05, 0.1) is 55.4 Å². The van der Waals surface area contributed by atoms with E-state index in [0.717, 1.165) is 111 Å². The summed E-state index contributed by atoms with van der Waals surface area (Å²) >= 11 is 0. The molecule has 2 aliphatic heterocycles. The lowest BCUT2D eigenvalue weighted by Gasteiger charge is -2.46. The van der Waals surface area contributed by atoms with E-state index in [2.05, 4.69) is 152 Å². The molecule has 0 fully saturated rings. The number of rotatable bonds is 10. The Morgan fingerprint density at radius 3 is 0.909 bits per heavy atom. The van der Waals surface area contributed by atoms with Gasteiger partial charge in [-0.15, -0.1) is 0 Å². The topological polar surface area (TPSA) is 16.3 Å². The van der Waals surface area contributed by atoms with E-state index in [-0.39, 0.29) is 43.6 Å². The van der Waals surface area contributed by atoms with Gasteiger partial charge in [0.1, 0.15) is 0 Å². The van der Waals surface area contributed by atoms with E-state index in [4.69, 9.17) is 5.48 Å². The highest BCUT2D eigenvalue weighted by Crippen LogP contribution is 2.52. The maximum atomic E-state index is 9.78. The second-order valence-corrected chi connectivity index (χ2v) is 26.4. The van der Waals surface area contributed by atoms with Crippen molar-refractivity contribution in [2.45, 2.75) is 26.2 Å². The molecule has 19 rings (SSSR count). The lowest BCUT2D eigenvalue weighted by molar-refractivity contribution is 0.590. The molecule has 0 atom stereocenters. The summed E-state index contributed by atoms with van der Waals surface area (Å²) in [5.41, 5.74) is 18.6. The van der Waals surface area contributed by atoms with Gasteiger partial charge in [-0.2, -0.15) is 0 Å². The van der Waals surface area contributed by atoms with E-state index >= 15 is 0 Å². The number of aromatic nitrogens is 2. The Labute approximate surface area is 600 Å². The Kier molecular flexibility index (Phi) is 10.2. The molecule has 4 nitrogen and oxygen atoms in total. The molecule has 15 aromatic carbocycles. The van der Waals surface area contributed by atoms with Gasteiger partial charge >= 0.3 is 0 Å². The number of fused-ring (bicyclic) bond motifs is 10. The first kappa shape index (κ1) is 43.6. The molecule has 4 heterocycles. The van der Waals surface area contributed by atoms with Crippen molar-refractivity contribution >= 4 is 101 Å². The van der Waals surface area contributed by atoms with Crippen LogP contribution in [0.1, 0.15) is 48.3 Å². The SMILES string of the molecule is [2H]c1c([2H])c([2H])c2c(c1[2H])c1c([2H])c([2H])c([2H])c([2H])c1n2-c1ccc2c(c1)N(c1ccccc1-c1cc(-c3ccccc3)cc(-c3ccccc3)c1)c1cc(C(C)(C)C)cc3c1B2c1ccc(-n2c4c([2H])c([2H])c([2H])c([2H])c4c4c([2H])c([2H])c([2H])c([2H])c42)cc1N3c1ccccc1-c1cc(-c2ccccc2)cc(-c2ccccc2)c1. The number of para-hydroxylation sites is 6. The number of hydrogen-bond acceptors (Lipinski definition) is 2. The van der Waals surface area contributed by atoms with Crippen LogP contribution in [0.5, 0.6) is 0 Å². The van der Waals surface area contributed by atoms with Gasteiger partial charge in [0.2, 0.25) is 0 Å². The molecule has 0 spiro atoms. The van der Waals surface area contributed by atoms with Gasteiger partial charge in [0.25, 0.3) is 6.71 Å².